The number of hydrogen-bond donors (Lipinski definition) is 2. The molecule has 1 heterocycles. The second-order valence-electron chi connectivity index (χ2n) is 5.65. The number of hydrogen-bond acceptors (Lipinski definition) is 4. The minimum Gasteiger partial charge on any atom is -0.512 e. The Hall–Kier alpha value is -2.36. The van der Waals surface area contributed by atoms with Gasteiger partial charge in [0.1, 0.15) is 0 Å². The van der Waals surface area contributed by atoms with Gasteiger partial charge in [-0.05, 0) is 36.1 Å². The Morgan fingerprint density at radius 2 is 2.00 bits per heavy atom. The first-order valence-electron chi connectivity index (χ1n) is 7.22. The van der Waals surface area contributed by atoms with E-state index >= 15 is 0 Å². The summed E-state index contributed by atoms with van der Waals surface area (Å²) in [6.45, 7) is 4.19. The number of para-hydroxylation sites is 1. The Kier molecular flexibility index (Phi) is 3.60. The Morgan fingerprint density at radius 3 is 2.71 bits per heavy atom. The van der Waals surface area contributed by atoms with E-state index in [0.29, 0.717) is 24.0 Å². The molecule has 0 saturated carbocycles. The normalized spacial score (nSPS) is 17.3. The van der Waals surface area contributed by atoms with Crippen LogP contribution in [0, 0.1) is 5.92 Å². The molecule has 2 aromatic rings. The Balaban J connectivity index is 1.94. The highest BCUT2D eigenvalue weighted by molar-refractivity contribution is 5.53. The average molecular weight is 281 g/mol. The van der Waals surface area contributed by atoms with Gasteiger partial charge in [0.05, 0.1) is 17.4 Å². The van der Waals surface area contributed by atoms with E-state index in [9.17, 15) is 5.11 Å². The molecule has 0 spiro atoms. The zero-order valence-corrected chi connectivity index (χ0v) is 12.2. The summed E-state index contributed by atoms with van der Waals surface area (Å²) in [5.74, 6) is 1.23. The molecule has 0 fully saturated rings. The summed E-state index contributed by atoms with van der Waals surface area (Å²) in [6.07, 6.45) is 4.41. The van der Waals surface area contributed by atoms with Crippen LogP contribution in [-0.2, 0) is 6.42 Å². The molecule has 3 rings (SSSR count). The quantitative estimate of drug-likeness (QED) is 0.894. The number of aliphatic hydroxyl groups excluding tert-OH is 1. The van der Waals surface area contributed by atoms with Crippen LogP contribution in [-0.4, -0.2) is 15.1 Å². The minimum absolute atomic E-state index is 0.0481. The molecule has 2 N–H and O–H groups in total. The number of rotatable bonds is 3. The van der Waals surface area contributed by atoms with E-state index in [2.05, 4.69) is 29.1 Å². The van der Waals surface area contributed by atoms with Crippen molar-refractivity contribution in [2.75, 3.05) is 5.32 Å². The van der Waals surface area contributed by atoms with Crippen molar-refractivity contribution in [3.63, 3.8) is 0 Å². The standard InChI is InChI=1S/C17H19N3O/c1-11(2)15-14(21)9-8-12-10-18-17(20-16(12)15)19-13-6-4-3-5-7-13/h3-7,9-11,15,21H,8H2,1-2H3,(H,18,19,20). The second-order valence-corrected chi connectivity index (χ2v) is 5.65. The molecule has 1 aliphatic carbocycles. The summed E-state index contributed by atoms with van der Waals surface area (Å²) in [5, 5.41) is 13.4. The predicted molar refractivity (Wildman–Crippen MR) is 83.8 cm³/mol. The molecule has 1 atom stereocenters. The van der Waals surface area contributed by atoms with Crippen LogP contribution in [0.1, 0.15) is 31.0 Å². The van der Waals surface area contributed by atoms with E-state index in [4.69, 9.17) is 0 Å². The number of nitrogens with zero attached hydrogens (tertiary/aromatic N) is 2. The van der Waals surface area contributed by atoms with E-state index in [1.165, 1.54) is 0 Å². The molecule has 0 aliphatic heterocycles. The molecule has 21 heavy (non-hydrogen) atoms. The van der Waals surface area contributed by atoms with Gasteiger partial charge >= 0.3 is 0 Å². The molecule has 4 heteroatoms. The summed E-state index contributed by atoms with van der Waals surface area (Å²) in [7, 11) is 0. The van der Waals surface area contributed by atoms with Crippen LogP contribution in [0.3, 0.4) is 0 Å². The predicted octanol–water partition coefficient (Wildman–Crippen LogP) is 3.96. The van der Waals surface area contributed by atoms with Crippen molar-refractivity contribution in [1.82, 2.24) is 9.97 Å². The molecule has 108 valence electrons. The minimum atomic E-state index is -0.0481. The molecule has 1 unspecified atom stereocenters. The number of anilines is 2. The summed E-state index contributed by atoms with van der Waals surface area (Å²) in [5.41, 5.74) is 2.97. The zero-order valence-electron chi connectivity index (χ0n) is 12.2. The fraction of sp³-hybridized carbons (Fsp3) is 0.294. The molecule has 0 amide bonds. The van der Waals surface area contributed by atoms with Gasteiger partial charge in [-0.2, -0.15) is 0 Å². The Bertz CT molecular complexity index is 665. The average Bonchev–Trinajstić information content (AvgIpc) is 2.47. The van der Waals surface area contributed by atoms with E-state index in [0.717, 1.165) is 16.9 Å². The first-order valence-corrected chi connectivity index (χ1v) is 7.22. The van der Waals surface area contributed by atoms with Gasteiger partial charge in [0.2, 0.25) is 5.95 Å². The van der Waals surface area contributed by atoms with Crippen LogP contribution in [0.2, 0.25) is 0 Å². The monoisotopic (exact) mass is 281 g/mol. The van der Waals surface area contributed by atoms with Crippen LogP contribution < -0.4 is 5.32 Å². The van der Waals surface area contributed by atoms with E-state index < -0.39 is 0 Å². The number of allylic oxidation sites excluding steroid dienone is 2. The first kappa shape index (κ1) is 13.6. The third-order valence-electron chi connectivity index (χ3n) is 3.74. The lowest BCUT2D eigenvalue weighted by Crippen LogP contribution is -2.19. The van der Waals surface area contributed by atoms with Gasteiger partial charge in [-0.25, -0.2) is 9.97 Å². The lowest BCUT2D eigenvalue weighted by Gasteiger charge is -2.25. The fourth-order valence-electron chi connectivity index (χ4n) is 2.70. The summed E-state index contributed by atoms with van der Waals surface area (Å²) >= 11 is 0. The second kappa shape index (κ2) is 5.56. The maximum atomic E-state index is 10.1. The van der Waals surface area contributed by atoms with Crippen LogP contribution in [0.15, 0.2) is 48.4 Å². The van der Waals surface area contributed by atoms with E-state index in [1.54, 1.807) is 0 Å². The van der Waals surface area contributed by atoms with Crippen molar-refractivity contribution < 1.29 is 5.11 Å². The topological polar surface area (TPSA) is 58.0 Å². The van der Waals surface area contributed by atoms with Crippen LogP contribution >= 0.6 is 0 Å². The Labute approximate surface area is 124 Å². The number of fused-ring (bicyclic) bond motifs is 1. The molecular weight excluding hydrogens is 262 g/mol. The summed E-state index contributed by atoms with van der Waals surface area (Å²) < 4.78 is 0. The Morgan fingerprint density at radius 1 is 1.24 bits per heavy atom. The molecule has 1 aliphatic rings. The number of aliphatic hydroxyl groups is 1. The van der Waals surface area contributed by atoms with E-state index in [1.807, 2.05) is 42.6 Å². The molecular formula is C17H19N3O. The van der Waals surface area contributed by atoms with Gasteiger partial charge in [-0.3, -0.25) is 0 Å². The highest BCUT2D eigenvalue weighted by Gasteiger charge is 2.28. The van der Waals surface area contributed by atoms with Gasteiger partial charge in [-0.15, -0.1) is 0 Å². The van der Waals surface area contributed by atoms with Crippen molar-refractivity contribution in [3.05, 3.63) is 59.6 Å². The largest absolute Gasteiger partial charge is 0.512 e. The molecule has 1 aromatic heterocycles. The third kappa shape index (κ3) is 2.75. The lowest BCUT2D eigenvalue weighted by atomic mass is 9.84. The highest BCUT2D eigenvalue weighted by atomic mass is 16.3. The number of aromatic nitrogens is 2. The van der Waals surface area contributed by atoms with Crippen molar-refractivity contribution in [1.29, 1.82) is 0 Å². The van der Waals surface area contributed by atoms with Gasteiger partial charge < -0.3 is 10.4 Å². The van der Waals surface area contributed by atoms with Crippen molar-refractivity contribution in [2.24, 2.45) is 5.92 Å². The maximum absolute atomic E-state index is 10.1. The summed E-state index contributed by atoms with van der Waals surface area (Å²) in [4.78, 5) is 9.01. The molecule has 1 aromatic carbocycles. The van der Waals surface area contributed by atoms with Crippen molar-refractivity contribution in [3.8, 4) is 0 Å². The molecule has 4 nitrogen and oxygen atoms in total. The number of benzene rings is 1. The fourth-order valence-corrected chi connectivity index (χ4v) is 2.70. The first-order chi connectivity index (χ1) is 10.1. The maximum Gasteiger partial charge on any atom is 0.227 e. The van der Waals surface area contributed by atoms with Crippen molar-refractivity contribution >= 4 is 11.6 Å². The lowest BCUT2D eigenvalue weighted by molar-refractivity contribution is 0.323. The third-order valence-corrected chi connectivity index (χ3v) is 3.74. The van der Waals surface area contributed by atoms with Crippen molar-refractivity contribution in [2.45, 2.75) is 26.2 Å². The van der Waals surface area contributed by atoms with E-state index in [-0.39, 0.29) is 5.92 Å². The summed E-state index contributed by atoms with van der Waals surface area (Å²) in [6, 6.07) is 9.84. The van der Waals surface area contributed by atoms with Crippen LogP contribution in [0.4, 0.5) is 11.6 Å². The zero-order chi connectivity index (χ0) is 14.8. The molecule has 0 radical (unpaired) electrons. The SMILES string of the molecule is CC(C)C1C(O)=CCc2cnc(Nc3ccccc3)nc21. The number of nitrogens with one attached hydrogen (secondary N) is 1. The van der Waals surface area contributed by atoms with Crippen LogP contribution in [0.5, 0.6) is 0 Å². The highest BCUT2D eigenvalue weighted by Crippen LogP contribution is 2.35. The van der Waals surface area contributed by atoms with Crippen LogP contribution in [0.25, 0.3) is 0 Å². The van der Waals surface area contributed by atoms with Gasteiger partial charge in [0.25, 0.3) is 0 Å². The molecule has 0 saturated heterocycles. The smallest absolute Gasteiger partial charge is 0.227 e. The van der Waals surface area contributed by atoms with Gasteiger partial charge in [0, 0.05) is 11.9 Å². The van der Waals surface area contributed by atoms with Gasteiger partial charge in [-0.1, -0.05) is 32.0 Å². The van der Waals surface area contributed by atoms with Gasteiger partial charge in [0.15, 0.2) is 0 Å². The molecule has 0 bridgehead atoms.